The zero-order valence-corrected chi connectivity index (χ0v) is 16.0. The van der Waals surface area contributed by atoms with Crippen LogP contribution in [0.25, 0.3) is 6.08 Å². The minimum atomic E-state index is -0.307. The van der Waals surface area contributed by atoms with Gasteiger partial charge < -0.3 is 19.5 Å². The van der Waals surface area contributed by atoms with Gasteiger partial charge in [-0.15, -0.1) is 0 Å². The van der Waals surface area contributed by atoms with Gasteiger partial charge in [0.15, 0.2) is 5.17 Å². The third kappa shape index (κ3) is 5.18. The molecule has 0 aliphatic carbocycles. The normalized spacial score (nSPS) is 15.0. The fourth-order valence-corrected chi connectivity index (χ4v) is 3.20. The number of hydrogen-bond acceptors (Lipinski definition) is 6. The highest BCUT2D eigenvalue weighted by Gasteiger charge is 2.22. The van der Waals surface area contributed by atoms with Crippen LogP contribution < -0.4 is 19.5 Å². The van der Waals surface area contributed by atoms with Crippen LogP contribution in [0.5, 0.6) is 17.2 Å². The maximum absolute atomic E-state index is 11.8. The monoisotopic (exact) mass is 404 g/mol. The summed E-state index contributed by atoms with van der Waals surface area (Å²) in [6.07, 6.45) is 1.66. The van der Waals surface area contributed by atoms with Crippen molar-refractivity contribution in [3.05, 3.63) is 58.0 Å². The molecule has 1 aliphatic rings. The average Bonchev–Trinajstić information content (AvgIpc) is 2.97. The molecule has 0 spiro atoms. The molecule has 0 atom stereocenters. The van der Waals surface area contributed by atoms with Crippen molar-refractivity contribution >= 4 is 40.5 Å². The first-order chi connectivity index (χ1) is 13.0. The molecule has 1 saturated heterocycles. The molecular weight excluding hydrogens is 388 g/mol. The van der Waals surface area contributed by atoms with Gasteiger partial charge in [0.2, 0.25) is 0 Å². The number of amides is 1. The maximum atomic E-state index is 11.8. The first-order valence-electron chi connectivity index (χ1n) is 8.04. The van der Waals surface area contributed by atoms with Gasteiger partial charge in [-0.25, -0.2) is 0 Å². The number of benzene rings is 2. The van der Waals surface area contributed by atoms with E-state index in [0.717, 1.165) is 23.3 Å². The zero-order chi connectivity index (χ0) is 19.2. The van der Waals surface area contributed by atoms with E-state index in [1.54, 1.807) is 31.4 Å². The Hall–Kier alpha value is -2.64. The molecule has 1 amide bonds. The first-order valence-corrected chi connectivity index (χ1v) is 9.23. The van der Waals surface area contributed by atoms with E-state index in [0.29, 0.717) is 34.5 Å². The molecule has 0 saturated carbocycles. The van der Waals surface area contributed by atoms with E-state index in [4.69, 9.17) is 31.2 Å². The Morgan fingerprint density at radius 1 is 1.11 bits per heavy atom. The summed E-state index contributed by atoms with van der Waals surface area (Å²) in [6.45, 7) is 0.670. The van der Waals surface area contributed by atoms with Crippen LogP contribution in [0.4, 0.5) is 0 Å². The predicted molar refractivity (Wildman–Crippen MR) is 107 cm³/mol. The smallest absolute Gasteiger partial charge is 0.264 e. The fraction of sp³-hybridized carbons (Fsp3) is 0.158. The Balaban J connectivity index is 1.62. The third-order valence-electron chi connectivity index (χ3n) is 3.59. The molecule has 2 aromatic carbocycles. The lowest BCUT2D eigenvalue weighted by atomic mass is 10.2. The summed E-state index contributed by atoms with van der Waals surface area (Å²) >= 11 is 7.13. The Kier molecular flexibility index (Phi) is 6.26. The highest BCUT2D eigenvalue weighted by Crippen LogP contribution is 2.30. The van der Waals surface area contributed by atoms with E-state index in [1.165, 1.54) is 0 Å². The van der Waals surface area contributed by atoms with Crippen LogP contribution in [0.15, 0.2) is 47.4 Å². The van der Waals surface area contributed by atoms with E-state index < -0.39 is 0 Å². The number of carbonyl (C=O) groups is 1. The molecule has 3 rings (SSSR count). The number of halogens is 1. The molecule has 0 bridgehead atoms. The molecule has 0 unspecified atom stereocenters. The molecule has 6 nitrogen and oxygen atoms in total. The number of ether oxygens (including phenoxy) is 3. The van der Waals surface area contributed by atoms with E-state index >= 15 is 0 Å². The van der Waals surface area contributed by atoms with Gasteiger partial charge in [0.05, 0.1) is 12.0 Å². The second-order valence-electron chi connectivity index (χ2n) is 5.45. The highest BCUT2D eigenvalue weighted by atomic mass is 35.5. The molecule has 1 aliphatic heterocycles. The fourth-order valence-electron chi connectivity index (χ4n) is 2.33. The van der Waals surface area contributed by atoms with Crippen LogP contribution in [0.3, 0.4) is 0 Å². The van der Waals surface area contributed by atoms with Crippen molar-refractivity contribution in [2.75, 3.05) is 20.3 Å². The summed E-state index contributed by atoms with van der Waals surface area (Å²) in [7, 11) is 1.61. The number of nitrogens with one attached hydrogen (secondary N) is 2. The summed E-state index contributed by atoms with van der Waals surface area (Å²) in [5, 5.41) is 10.6. The highest BCUT2D eigenvalue weighted by molar-refractivity contribution is 8.18. The molecule has 8 heteroatoms. The molecule has 2 N–H and O–H groups in total. The molecule has 1 heterocycles. The quantitative estimate of drug-likeness (QED) is 0.539. The topological polar surface area (TPSA) is 80.6 Å². The summed E-state index contributed by atoms with van der Waals surface area (Å²) in [4.78, 5) is 12.2. The van der Waals surface area contributed by atoms with Crippen LogP contribution in [-0.4, -0.2) is 31.4 Å². The van der Waals surface area contributed by atoms with E-state index in [2.05, 4.69) is 5.32 Å². The number of thioether (sulfide) groups is 1. The predicted octanol–water partition coefficient (Wildman–Crippen LogP) is 3.95. The van der Waals surface area contributed by atoms with E-state index in [1.807, 2.05) is 24.3 Å². The van der Waals surface area contributed by atoms with Crippen LogP contribution in [-0.2, 0) is 4.79 Å². The number of carbonyl (C=O) groups excluding carboxylic acids is 1. The van der Waals surface area contributed by atoms with Crippen molar-refractivity contribution in [3.63, 3.8) is 0 Å². The van der Waals surface area contributed by atoms with E-state index in [9.17, 15) is 4.79 Å². The largest absolute Gasteiger partial charge is 0.497 e. The summed E-state index contributed by atoms with van der Waals surface area (Å²) in [5.41, 5.74) is 0.666. The lowest BCUT2D eigenvalue weighted by Crippen LogP contribution is -2.18. The van der Waals surface area contributed by atoms with Crippen LogP contribution in [0, 0.1) is 5.41 Å². The van der Waals surface area contributed by atoms with Crippen LogP contribution in [0.1, 0.15) is 5.56 Å². The first kappa shape index (κ1) is 19.1. The molecule has 1 fully saturated rings. The van der Waals surface area contributed by atoms with Crippen molar-refractivity contribution in [1.82, 2.24) is 5.32 Å². The van der Waals surface area contributed by atoms with Crippen LogP contribution in [0.2, 0.25) is 5.02 Å². The SMILES string of the molecule is COc1ccc(OCCOc2ccc(Cl)cc2/C=C2\SC(=N)NC2=O)cc1. The average molecular weight is 405 g/mol. The Morgan fingerprint density at radius 2 is 1.81 bits per heavy atom. The minimum absolute atomic E-state index is 0.101. The Labute approximate surface area is 166 Å². The summed E-state index contributed by atoms with van der Waals surface area (Å²) in [6, 6.07) is 12.5. The van der Waals surface area contributed by atoms with Crippen molar-refractivity contribution < 1.29 is 19.0 Å². The van der Waals surface area contributed by atoms with Crippen molar-refractivity contribution in [2.45, 2.75) is 0 Å². The molecule has 2 aromatic rings. The van der Waals surface area contributed by atoms with Gasteiger partial charge in [0.25, 0.3) is 5.91 Å². The molecule has 0 radical (unpaired) electrons. The van der Waals surface area contributed by atoms with Gasteiger partial charge in [-0.05, 0) is 60.3 Å². The summed E-state index contributed by atoms with van der Waals surface area (Å²) < 4.78 is 16.5. The Bertz CT molecular complexity index is 884. The van der Waals surface area contributed by atoms with Gasteiger partial charge in [0.1, 0.15) is 30.5 Å². The summed E-state index contributed by atoms with van der Waals surface area (Å²) in [5.74, 6) is 1.76. The van der Waals surface area contributed by atoms with Gasteiger partial charge in [-0.3, -0.25) is 10.2 Å². The van der Waals surface area contributed by atoms with Crippen molar-refractivity contribution in [2.24, 2.45) is 0 Å². The minimum Gasteiger partial charge on any atom is -0.497 e. The number of hydrogen-bond donors (Lipinski definition) is 2. The molecule has 27 heavy (non-hydrogen) atoms. The van der Waals surface area contributed by atoms with Gasteiger partial charge in [-0.1, -0.05) is 11.6 Å². The second kappa shape index (κ2) is 8.83. The molecule has 140 valence electrons. The number of amidine groups is 1. The lowest BCUT2D eigenvalue weighted by molar-refractivity contribution is -0.115. The molecule has 0 aromatic heterocycles. The lowest BCUT2D eigenvalue weighted by Gasteiger charge is -2.11. The van der Waals surface area contributed by atoms with Gasteiger partial charge in [0, 0.05) is 10.6 Å². The standard InChI is InChI=1S/C19H17ClN2O4S/c1-24-14-3-5-15(6-4-14)25-8-9-26-16-7-2-13(20)10-12(16)11-17-18(23)22-19(21)27-17/h2-7,10-11H,8-9H2,1H3,(H2,21,22,23)/b17-11-. The van der Waals surface area contributed by atoms with Gasteiger partial charge >= 0.3 is 0 Å². The Morgan fingerprint density at radius 3 is 2.48 bits per heavy atom. The maximum Gasteiger partial charge on any atom is 0.264 e. The van der Waals surface area contributed by atoms with Crippen molar-refractivity contribution in [3.8, 4) is 17.2 Å². The molecular formula is C19H17ClN2O4S. The number of methoxy groups -OCH3 is 1. The zero-order valence-electron chi connectivity index (χ0n) is 14.5. The van der Waals surface area contributed by atoms with Crippen molar-refractivity contribution in [1.29, 1.82) is 5.41 Å². The number of rotatable bonds is 7. The van der Waals surface area contributed by atoms with E-state index in [-0.39, 0.29) is 11.1 Å². The third-order valence-corrected chi connectivity index (χ3v) is 4.65. The van der Waals surface area contributed by atoms with Crippen LogP contribution >= 0.6 is 23.4 Å². The van der Waals surface area contributed by atoms with Gasteiger partial charge in [-0.2, -0.15) is 0 Å². The second-order valence-corrected chi connectivity index (χ2v) is 6.94.